The Kier molecular flexibility index (Phi) is 4.14. The first kappa shape index (κ1) is 17.2. The van der Waals surface area contributed by atoms with Gasteiger partial charge in [-0.15, -0.1) is 0 Å². The van der Waals surface area contributed by atoms with Crippen LogP contribution in [-0.2, 0) is 6.18 Å². The summed E-state index contributed by atoms with van der Waals surface area (Å²) < 4.78 is 39.2. The van der Waals surface area contributed by atoms with Crippen molar-refractivity contribution in [2.45, 2.75) is 32.5 Å². The van der Waals surface area contributed by atoms with Gasteiger partial charge in [0.2, 0.25) is 0 Å². The number of aromatic nitrogens is 2. The maximum atomic E-state index is 13.1. The highest BCUT2D eigenvalue weighted by Crippen LogP contribution is 2.33. The van der Waals surface area contributed by atoms with E-state index in [-0.39, 0.29) is 11.1 Å². The summed E-state index contributed by atoms with van der Waals surface area (Å²) in [6, 6.07) is 12.7. The Morgan fingerprint density at radius 1 is 0.880 bits per heavy atom. The molecule has 3 nitrogen and oxygen atoms in total. The van der Waals surface area contributed by atoms with Crippen molar-refractivity contribution < 1.29 is 13.2 Å². The van der Waals surface area contributed by atoms with Crippen LogP contribution in [0.2, 0.25) is 0 Å². The van der Waals surface area contributed by atoms with Gasteiger partial charge in [-0.1, -0.05) is 30.3 Å². The minimum absolute atomic E-state index is 0.260. The molecule has 0 fully saturated rings. The van der Waals surface area contributed by atoms with E-state index in [0.29, 0.717) is 17.0 Å². The predicted octanol–water partition coefficient (Wildman–Crippen LogP) is 5.53. The molecule has 25 heavy (non-hydrogen) atoms. The van der Waals surface area contributed by atoms with Gasteiger partial charge < -0.3 is 5.32 Å². The molecule has 0 amide bonds. The monoisotopic (exact) mass is 345 g/mol. The first-order valence-corrected chi connectivity index (χ1v) is 7.86. The number of nitrogens with one attached hydrogen (secondary N) is 1. The lowest BCUT2D eigenvalue weighted by Crippen LogP contribution is -2.27. The Morgan fingerprint density at radius 3 is 2.16 bits per heavy atom. The molecule has 2 aromatic carbocycles. The molecule has 3 aromatic rings. The summed E-state index contributed by atoms with van der Waals surface area (Å²) >= 11 is 0. The normalized spacial score (nSPS) is 12.4. The van der Waals surface area contributed by atoms with E-state index >= 15 is 0 Å². The fraction of sp³-hybridized carbons (Fsp3) is 0.263. The zero-order valence-corrected chi connectivity index (χ0v) is 14.1. The molecule has 0 aliphatic rings. The molecule has 1 heterocycles. The standard InChI is InChI=1S/C19H18F3N3/c1-18(2,3)25-17-14-10-9-13(19(20,21)22)11-15(14)23-16(24-17)12-7-5-4-6-8-12/h4-11H,1-3H3,(H,23,24,25). The van der Waals surface area contributed by atoms with Crippen molar-refractivity contribution in [1.82, 2.24) is 9.97 Å². The SMILES string of the molecule is CC(C)(C)Nc1nc(-c2ccccc2)nc2cc(C(F)(F)F)ccc12. The van der Waals surface area contributed by atoms with Crippen LogP contribution in [-0.4, -0.2) is 15.5 Å². The molecule has 1 N–H and O–H groups in total. The largest absolute Gasteiger partial charge is 0.416 e. The second-order valence-corrected chi connectivity index (χ2v) is 6.87. The number of hydrogen-bond donors (Lipinski definition) is 1. The third kappa shape index (κ3) is 3.90. The Bertz CT molecular complexity index is 897. The number of halogens is 3. The molecule has 0 aliphatic heterocycles. The van der Waals surface area contributed by atoms with Gasteiger partial charge in [-0.05, 0) is 39.0 Å². The molecule has 0 unspecified atom stereocenters. The van der Waals surface area contributed by atoms with Gasteiger partial charge in [0.15, 0.2) is 5.82 Å². The van der Waals surface area contributed by atoms with Crippen LogP contribution in [0.3, 0.4) is 0 Å². The van der Waals surface area contributed by atoms with Gasteiger partial charge in [0.1, 0.15) is 5.82 Å². The van der Waals surface area contributed by atoms with Crippen molar-refractivity contribution in [3.63, 3.8) is 0 Å². The smallest absolute Gasteiger partial charge is 0.365 e. The van der Waals surface area contributed by atoms with Gasteiger partial charge >= 0.3 is 6.18 Å². The Morgan fingerprint density at radius 2 is 1.56 bits per heavy atom. The van der Waals surface area contributed by atoms with Crippen LogP contribution in [0.15, 0.2) is 48.5 Å². The van der Waals surface area contributed by atoms with Crippen LogP contribution in [0.4, 0.5) is 19.0 Å². The second-order valence-electron chi connectivity index (χ2n) is 6.87. The van der Waals surface area contributed by atoms with E-state index in [4.69, 9.17) is 0 Å². The van der Waals surface area contributed by atoms with E-state index in [2.05, 4.69) is 15.3 Å². The summed E-state index contributed by atoms with van der Waals surface area (Å²) in [5, 5.41) is 3.82. The third-order valence-electron chi connectivity index (χ3n) is 3.55. The highest BCUT2D eigenvalue weighted by atomic mass is 19.4. The van der Waals surface area contributed by atoms with Crippen molar-refractivity contribution in [3.05, 3.63) is 54.1 Å². The molecule has 0 atom stereocenters. The average Bonchev–Trinajstić information content (AvgIpc) is 2.52. The maximum absolute atomic E-state index is 13.1. The summed E-state index contributed by atoms with van der Waals surface area (Å²) in [6.07, 6.45) is -4.41. The molecule has 0 aliphatic carbocycles. The van der Waals surface area contributed by atoms with Crippen molar-refractivity contribution in [1.29, 1.82) is 0 Å². The summed E-state index contributed by atoms with van der Waals surface area (Å²) in [5.74, 6) is 0.907. The van der Waals surface area contributed by atoms with Crippen LogP contribution in [0.1, 0.15) is 26.3 Å². The van der Waals surface area contributed by atoms with Crippen molar-refractivity contribution in [2.75, 3.05) is 5.32 Å². The second kappa shape index (κ2) is 6.02. The van der Waals surface area contributed by atoms with Gasteiger partial charge in [0, 0.05) is 16.5 Å². The highest BCUT2D eigenvalue weighted by Gasteiger charge is 2.31. The quantitative estimate of drug-likeness (QED) is 0.664. The Labute approximate surface area is 143 Å². The number of hydrogen-bond acceptors (Lipinski definition) is 3. The lowest BCUT2D eigenvalue weighted by molar-refractivity contribution is -0.137. The van der Waals surface area contributed by atoms with Crippen LogP contribution in [0.25, 0.3) is 22.3 Å². The van der Waals surface area contributed by atoms with Gasteiger partial charge in [0.05, 0.1) is 11.1 Å². The van der Waals surface area contributed by atoms with Crippen molar-refractivity contribution >= 4 is 16.7 Å². The molecule has 0 radical (unpaired) electrons. The zero-order chi connectivity index (χ0) is 18.2. The third-order valence-corrected chi connectivity index (χ3v) is 3.55. The molecular weight excluding hydrogens is 327 g/mol. The zero-order valence-electron chi connectivity index (χ0n) is 14.1. The molecule has 0 spiro atoms. The molecule has 130 valence electrons. The number of fused-ring (bicyclic) bond motifs is 1. The molecule has 0 saturated carbocycles. The van der Waals surface area contributed by atoms with Gasteiger partial charge in [-0.2, -0.15) is 13.2 Å². The Hall–Kier alpha value is -2.63. The van der Waals surface area contributed by atoms with E-state index in [0.717, 1.165) is 17.7 Å². The fourth-order valence-corrected chi connectivity index (χ4v) is 2.47. The predicted molar refractivity (Wildman–Crippen MR) is 93.4 cm³/mol. The molecule has 0 bridgehead atoms. The first-order chi connectivity index (χ1) is 11.6. The number of rotatable bonds is 2. The van der Waals surface area contributed by atoms with Crippen LogP contribution < -0.4 is 5.32 Å². The van der Waals surface area contributed by atoms with Crippen LogP contribution in [0, 0.1) is 0 Å². The van der Waals surface area contributed by atoms with Gasteiger partial charge in [0.25, 0.3) is 0 Å². The summed E-state index contributed by atoms with van der Waals surface area (Å²) in [4.78, 5) is 8.90. The number of benzene rings is 2. The van der Waals surface area contributed by atoms with E-state index in [9.17, 15) is 13.2 Å². The van der Waals surface area contributed by atoms with Crippen molar-refractivity contribution in [2.24, 2.45) is 0 Å². The van der Waals surface area contributed by atoms with Gasteiger partial charge in [-0.25, -0.2) is 9.97 Å². The van der Waals surface area contributed by atoms with Gasteiger partial charge in [-0.3, -0.25) is 0 Å². The average molecular weight is 345 g/mol. The number of alkyl halides is 3. The van der Waals surface area contributed by atoms with Crippen molar-refractivity contribution in [3.8, 4) is 11.4 Å². The summed E-state index contributed by atoms with van der Waals surface area (Å²) in [7, 11) is 0. The van der Waals surface area contributed by atoms with E-state index in [1.165, 1.54) is 6.07 Å². The van der Waals surface area contributed by atoms with Crippen LogP contribution in [0.5, 0.6) is 0 Å². The first-order valence-electron chi connectivity index (χ1n) is 7.86. The molecule has 3 rings (SSSR count). The molecule has 0 saturated heterocycles. The molecular formula is C19H18F3N3. The number of nitrogens with zero attached hydrogens (tertiary/aromatic N) is 2. The molecule has 6 heteroatoms. The fourth-order valence-electron chi connectivity index (χ4n) is 2.47. The highest BCUT2D eigenvalue weighted by molar-refractivity contribution is 5.91. The number of anilines is 1. The summed E-state index contributed by atoms with van der Waals surface area (Å²) in [6.45, 7) is 5.90. The van der Waals surface area contributed by atoms with Crippen LogP contribution >= 0.6 is 0 Å². The summed E-state index contributed by atoms with van der Waals surface area (Å²) in [5.41, 5.74) is -0.00795. The topological polar surface area (TPSA) is 37.8 Å². The van der Waals surface area contributed by atoms with E-state index < -0.39 is 11.7 Å². The minimum Gasteiger partial charge on any atom is -0.365 e. The van der Waals surface area contributed by atoms with E-state index in [1.54, 1.807) is 0 Å². The Balaban J connectivity index is 2.24. The lowest BCUT2D eigenvalue weighted by atomic mass is 10.1. The van der Waals surface area contributed by atoms with E-state index in [1.807, 2.05) is 51.1 Å². The molecule has 1 aromatic heterocycles. The lowest BCUT2D eigenvalue weighted by Gasteiger charge is -2.23. The maximum Gasteiger partial charge on any atom is 0.416 e. The minimum atomic E-state index is -4.41.